The first-order valence-corrected chi connectivity index (χ1v) is 10.8. The Hall–Kier alpha value is -2.30. The van der Waals surface area contributed by atoms with Gasteiger partial charge < -0.3 is 0 Å². The summed E-state index contributed by atoms with van der Waals surface area (Å²) in [6.45, 7) is 0. The Bertz CT molecular complexity index is 1180. The molecular formula is C24H16Br2N2. The fourth-order valence-electron chi connectivity index (χ4n) is 3.78. The van der Waals surface area contributed by atoms with Gasteiger partial charge in [0.15, 0.2) is 5.82 Å². The van der Waals surface area contributed by atoms with E-state index in [2.05, 4.69) is 92.5 Å². The van der Waals surface area contributed by atoms with Crippen LogP contribution in [-0.2, 0) is 12.8 Å². The van der Waals surface area contributed by atoms with Crippen molar-refractivity contribution in [3.8, 4) is 33.9 Å². The number of hydrogen-bond donors (Lipinski definition) is 0. The highest BCUT2D eigenvalue weighted by Crippen LogP contribution is 2.38. The minimum absolute atomic E-state index is 0.759. The molecule has 4 heteroatoms. The second-order valence-electron chi connectivity index (χ2n) is 6.90. The summed E-state index contributed by atoms with van der Waals surface area (Å²) >= 11 is 7.11. The van der Waals surface area contributed by atoms with E-state index >= 15 is 0 Å². The molecule has 1 aromatic heterocycles. The van der Waals surface area contributed by atoms with Crippen molar-refractivity contribution in [2.24, 2.45) is 0 Å². The van der Waals surface area contributed by atoms with E-state index in [1.165, 1.54) is 16.7 Å². The summed E-state index contributed by atoms with van der Waals surface area (Å²) in [7, 11) is 0. The van der Waals surface area contributed by atoms with Crippen LogP contribution in [-0.4, -0.2) is 9.97 Å². The number of benzene rings is 3. The molecule has 4 aromatic rings. The Balaban J connectivity index is 1.79. The fourth-order valence-corrected chi connectivity index (χ4v) is 4.44. The smallest absolute Gasteiger partial charge is 0.160 e. The first kappa shape index (κ1) is 17.8. The Morgan fingerprint density at radius 2 is 1.43 bits per heavy atom. The van der Waals surface area contributed by atoms with Gasteiger partial charge in [-0.05, 0) is 42.7 Å². The zero-order valence-electron chi connectivity index (χ0n) is 15.0. The van der Waals surface area contributed by atoms with Crippen molar-refractivity contribution in [2.45, 2.75) is 12.8 Å². The standard InChI is InChI=1S/C24H16Br2N2/c25-18-11-8-16(9-12-18)22-21-13-10-15-4-1-2-7-20(15)23(21)28-24(27-22)17-5-3-6-19(26)14-17/h1-9,11-12,14H,10,13H2. The van der Waals surface area contributed by atoms with Crippen molar-refractivity contribution in [1.82, 2.24) is 9.97 Å². The van der Waals surface area contributed by atoms with Crippen LogP contribution >= 0.6 is 31.9 Å². The second kappa shape index (κ2) is 7.26. The lowest BCUT2D eigenvalue weighted by atomic mass is 9.87. The molecule has 0 spiro atoms. The highest BCUT2D eigenvalue weighted by Gasteiger charge is 2.23. The molecule has 0 radical (unpaired) electrons. The van der Waals surface area contributed by atoms with E-state index < -0.39 is 0 Å². The van der Waals surface area contributed by atoms with Crippen molar-refractivity contribution >= 4 is 31.9 Å². The highest BCUT2D eigenvalue weighted by molar-refractivity contribution is 9.10. The molecule has 3 aromatic carbocycles. The molecule has 0 atom stereocenters. The number of nitrogens with zero attached hydrogens (tertiary/aromatic N) is 2. The predicted octanol–water partition coefficient (Wildman–Crippen LogP) is 7.10. The van der Waals surface area contributed by atoms with Crippen molar-refractivity contribution in [3.63, 3.8) is 0 Å². The number of hydrogen-bond acceptors (Lipinski definition) is 2. The minimum Gasteiger partial charge on any atom is -0.228 e. The lowest BCUT2D eigenvalue weighted by Gasteiger charge is -2.22. The molecule has 0 saturated heterocycles. The highest BCUT2D eigenvalue weighted by atomic mass is 79.9. The Kier molecular flexibility index (Phi) is 4.61. The maximum Gasteiger partial charge on any atom is 0.160 e. The first-order valence-electron chi connectivity index (χ1n) is 9.20. The summed E-state index contributed by atoms with van der Waals surface area (Å²) in [5, 5.41) is 0. The summed E-state index contributed by atoms with van der Waals surface area (Å²) < 4.78 is 2.09. The third-order valence-corrected chi connectivity index (χ3v) is 6.15. The van der Waals surface area contributed by atoms with E-state index in [9.17, 15) is 0 Å². The molecule has 1 aliphatic rings. The van der Waals surface area contributed by atoms with E-state index in [1.54, 1.807) is 0 Å². The maximum absolute atomic E-state index is 5.03. The molecule has 1 heterocycles. The van der Waals surface area contributed by atoms with E-state index in [1.807, 2.05) is 12.1 Å². The van der Waals surface area contributed by atoms with E-state index in [0.717, 1.165) is 50.1 Å². The molecule has 1 aliphatic carbocycles. The minimum atomic E-state index is 0.759. The zero-order valence-corrected chi connectivity index (χ0v) is 18.2. The predicted molar refractivity (Wildman–Crippen MR) is 121 cm³/mol. The normalized spacial score (nSPS) is 12.4. The van der Waals surface area contributed by atoms with Crippen LogP contribution in [0, 0.1) is 0 Å². The van der Waals surface area contributed by atoms with Crippen LogP contribution in [0.25, 0.3) is 33.9 Å². The Morgan fingerprint density at radius 3 is 2.25 bits per heavy atom. The second-order valence-corrected chi connectivity index (χ2v) is 8.73. The maximum atomic E-state index is 5.03. The lowest BCUT2D eigenvalue weighted by molar-refractivity contribution is 0.916. The molecule has 5 rings (SSSR count). The summed E-state index contributed by atoms with van der Waals surface area (Å²) in [5.41, 5.74) is 8.04. The van der Waals surface area contributed by atoms with Crippen molar-refractivity contribution in [3.05, 3.63) is 92.9 Å². The van der Waals surface area contributed by atoms with Crippen molar-refractivity contribution in [1.29, 1.82) is 0 Å². The van der Waals surface area contributed by atoms with Gasteiger partial charge in [0.05, 0.1) is 11.4 Å². The molecule has 0 aliphatic heterocycles. The monoisotopic (exact) mass is 490 g/mol. The summed E-state index contributed by atoms with van der Waals surface area (Å²) in [6, 6.07) is 25.1. The number of rotatable bonds is 2. The van der Waals surface area contributed by atoms with Crippen LogP contribution < -0.4 is 0 Å². The molecular weight excluding hydrogens is 476 g/mol. The number of aryl methyl sites for hydroxylation is 1. The average Bonchev–Trinajstić information content (AvgIpc) is 2.73. The average molecular weight is 492 g/mol. The van der Waals surface area contributed by atoms with E-state index in [4.69, 9.17) is 9.97 Å². The fraction of sp³-hybridized carbons (Fsp3) is 0.0833. The van der Waals surface area contributed by atoms with Gasteiger partial charge in [-0.2, -0.15) is 0 Å². The van der Waals surface area contributed by atoms with Gasteiger partial charge >= 0.3 is 0 Å². The molecule has 0 saturated carbocycles. The topological polar surface area (TPSA) is 25.8 Å². The third kappa shape index (κ3) is 3.21. The molecule has 28 heavy (non-hydrogen) atoms. The van der Waals surface area contributed by atoms with Crippen LogP contribution in [0.3, 0.4) is 0 Å². The number of halogens is 2. The molecule has 0 unspecified atom stereocenters. The van der Waals surface area contributed by atoms with Crippen LogP contribution in [0.2, 0.25) is 0 Å². The molecule has 0 amide bonds. The van der Waals surface area contributed by atoms with Crippen LogP contribution in [0.1, 0.15) is 11.1 Å². The van der Waals surface area contributed by atoms with Gasteiger partial charge in [-0.3, -0.25) is 0 Å². The van der Waals surface area contributed by atoms with Crippen molar-refractivity contribution < 1.29 is 0 Å². The summed E-state index contributed by atoms with van der Waals surface area (Å²) in [4.78, 5) is 10.1. The lowest BCUT2D eigenvalue weighted by Crippen LogP contribution is -2.10. The molecule has 0 bridgehead atoms. The molecule has 0 N–H and O–H groups in total. The van der Waals surface area contributed by atoms with Gasteiger partial charge in [0.1, 0.15) is 0 Å². The van der Waals surface area contributed by atoms with E-state index in [-0.39, 0.29) is 0 Å². The Labute approximate surface area is 181 Å². The van der Waals surface area contributed by atoms with Gasteiger partial charge in [0.25, 0.3) is 0 Å². The zero-order chi connectivity index (χ0) is 19.1. The van der Waals surface area contributed by atoms with Gasteiger partial charge in [0, 0.05) is 31.2 Å². The largest absolute Gasteiger partial charge is 0.228 e. The summed E-state index contributed by atoms with van der Waals surface area (Å²) in [6.07, 6.45) is 1.98. The van der Waals surface area contributed by atoms with Gasteiger partial charge in [-0.25, -0.2) is 9.97 Å². The van der Waals surface area contributed by atoms with Gasteiger partial charge in [0.2, 0.25) is 0 Å². The van der Waals surface area contributed by atoms with Gasteiger partial charge in [-0.15, -0.1) is 0 Å². The van der Waals surface area contributed by atoms with Crippen molar-refractivity contribution in [2.75, 3.05) is 0 Å². The molecule has 2 nitrogen and oxygen atoms in total. The quantitative estimate of drug-likeness (QED) is 0.298. The van der Waals surface area contributed by atoms with Crippen LogP contribution in [0.5, 0.6) is 0 Å². The molecule has 136 valence electrons. The van der Waals surface area contributed by atoms with Gasteiger partial charge in [-0.1, -0.05) is 80.4 Å². The third-order valence-electron chi connectivity index (χ3n) is 5.12. The van der Waals surface area contributed by atoms with E-state index in [0.29, 0.717) is 0 Å². The Morgan fingerprint density at radius 1 is 0.643 bits per heavy atom. The van der Waals surface area contributed by atoms with Crippen LogP contribution in [0.15, 0.2) is 81.7 Å². The SMILES string of the molecule is Brc1ccc(-c2nc(-c3cccc(Br)c3)nc3c2CCc2ccccc2-3)cc1. The molecule has 0 fully saturated rings. The number of fused-ring (bicyclic) bond motifs is 3. The summed E-state index contributed by atoms with van der Waals surface area (Å²) in [5.74, 6) is 0.759. The first-order chi connectivity index (χ1) is 13.7. The number of aromatic nitrogens is 2. The van der Waals surface area contributed by atoms with Crippen LogP contribution in [0.4, 0.5) is 0 Å².